The van der Waals surface area contributed by atoms with E-state index in [-0.39, 0.29) is 0 Å². The lowest BCUT2D eigenvalue weighted by atomic mass is 9.94. The maximum absolute atomic E-state index is 2.34. The minimum atomic E-state index is 0.931. The molecule has 0 aromatic carbocycles. The molecule has 0 heteroatoms. The maximum Gasteiger partial charge on any atom is -0.0443 e. The van der Waals surface area contributed by atoms with Gasteiger partial charge in [0, 0.05) is 0 Å². The molecule has 0 bridgehead atoms. The van der Waals surface area contributed by atoms with Crippen molar-refractivity contribution in [3.8, 4) is 0 Å². The van der Waals surface area contributed by atoms with Crippen LogP contribution in [0.3, 0.4) is 0 Å². The van der Waals surface area contributed by atoms with Crippen LogP contribution in [0.15, 0.2) is 0 Å². The van der Waals surface area contributed by atoms with Crippen LogP contribution in [-0.2, 0) is 0 Å². The van der Waals surface area contributed by atoms with Crippen molar-refractivity contribution in [3.05, 3.63) is 0 Å². The standard InChI is InChI=1S/C9H20.C2H6/c1-5-8(3)7-9(4)6-2;1-2/h8-9H,5-7H2,1-4H3;1-2H3. The molecule has 0 saturated carbocycles. The summed E-state index contributed by atoms with van der Waals surface area (Å²) in [5.41, 5.74) is 0. The Bertz CT molecular complexity index is 49.1. The molecule has 0 N–H and O–H groups in total. The van der Waals surface area contributed by atoms with Gasteiger partial charge in [0.15, 0.2) is 0 Å². The van der Waals surface area contributed by atoms with E-state index in [0.29, 0.717) is 0 Å². The second kappa shape index (κ2) is 10.0. The zero-order chi connectivity index (χ0) is 9.28. The van der Waals surface area contributed by atoms with E-state index in [1.165, 1.54) is 19.3 Å². The van der Waals surface area contributed by atoms with Crippen LogP contribution < -0.4 is 0 Å². The quantitative estimate of drug-likeness (QED) is 0.565. The highest BCUT2D eigenvalue weighted by atomic mass is 14.1. The Morgan fingerprint density at radius 1 is 0.818 bits per heavy atom. The van der Waals surface area contributed by atoms with Crippen molar-refractivity contribution in [2.45, 2.75) is 60.8 Å². The summed E-state index contributed by atoms with van der Waals surface area (Å²) in [6, 6.07) is 0. The Morgan fingerprint density at radius 2 is 1.09 bits per heavy atom. The van der Waals surface area contributed by atoms with E-state index in [4.69, 9.17) is 0 Å². The summed E-state index contributed by atoms with van der Waals surface area (Å²) < 4.78 is 0. The summed E-state index contributed by atoms with van der Waals surface area (Å²) >= 11 is 0. The fourth-order valence-electron chi connectivity index (χ4n) is 1.02. The van der Waals surface area contributed by atoms with Crippen molar-refractivity contribution in [1.82, 2.24) is 0 Å². The van der Waals surface area contributed by atoms with Gasteiger partial charge in [-0.25, -0.2) is 0 Å². The fraction of sp³-hybridized carbons (Fsp3) is 1.00. The van der Waals surface area contributed by atoms with Gasteiger partial charge in [0.1, 0.15) is 0 Å². The molecule has 0 saturated heterocycles. The van der Waals surface area contributed by atoms with Crippen molar-refractivity contribution in [2.75, 3.05) is 0 Å². The Morgan fingerprint density at radius 3 is 1.27 bits per heavy atom. The Balaban J connectivity index is 0. The molecule has 0 heterocycles. The molecule has 0 aromatic heterocycles. The van der Waals surface area contributed by atoms with Gasteiger partial charge in [0.05, 0.1) is 0 Å². The Kier molecular flexibility index (Phi) is 12.3. The largest absolute Gasteiger partial charge is 0.0683 e. The van der Waals surface area contributed by atoms with Crippen molar-refractivity contribution < 1.29 is 0 Å². The molecule has 0 rings (SSSR count). The molecule has 0 aliphatic heterocycles. The first-order valence-corrected chi connectivity index (χ1v) is 5.20. The third-order valence-electron chi connectivity index (χ3n) is 2.20. The van der Waals surface area contributed by atoms with Crippen LogP contribution in [0.25, 0.3) is 0 Å². The average molecular weight is 158 g/mol. The van der Waals surface area contributed by atoms with Gasteiger partial charge in [-0.2, -0.15) is 0 Å². The van der Waals surface area contributed by atoms with Crippen LogP contribution in [0.4, 0.5) is 0 Å². The molecule has 0 radical (unpaired) electrons. The van der Waals surface area contributed by atoms with Gasteiger partial charge in [-0.3, -0.25) is 0 Å². The molecule has 0 nitrogen and oxygen atoms in total. The predicted octanol–water partition coefficient (Wildman–Crippen LogP) is 4.49. The lowest BCUT2D eigenvalue weighted by Crippen LogP contribution is -2.00. The highest BCUT2D eigenvalue weighted by Gasteiger charge is 2.03. The number of rotatable bonds is 4. The van der Waals surface area contributed by atoms with Gasteiger partial charge >= 0.3 is 0 Å². The Labute approximate surface area is 73.4 Å². The van der Waals surface area contributed by atoms with Crippen LogP contribution in [-0.4, -0.2) is 0 Å². The van der Waals surface area contributed by atoms with Gasteiger partial charge in [-0.1, -0.05) is 54.4 Å². The van der Waals surface area contributed by atoms with E-state index in [0.717, 1.165) is 11.8 Å². The number of hydrogen-bond donors (Lipinski definition) is 0. The predicted molar refractivity (Wildman–Crippen MR) is 54.9 cm³/mol. The lowest BCUT2D eigenvalue weighted by molar-refractivity contribution is 0.397. The minimum absolute atomic E-state index is 0.931. The average Bonchev–Trinajstić information content (AvgIpc) is 2.07. The van der Waals surface area contributed by atoms with Gasteiger partial charge in [0.2, 0.25) is 0 Å². The van der Waals surface area contributed by atoms with Gasteiger partial charge < -0.3 is 0 Å². The molecule has 2 unspecified atom stereocenters. The molecule has 2 atom stereocenters. The number of hydrogen-bond acceptors (Lipinski definition) is 0. The first-order chi connectivity index (χ1) is 5.20. The van der Waals surface area contributed by atoms with Crippen molar-refractivity contribution >= 4 is 0 Å². The molecule has 0 amide bonds. The summed E-state index contributed by atoms with van der Waals surface area (Å²) in [5, 5.41) is 0. The summed E-state index contributed by atoms with van der Waals surface area (Å²) in [6.45, 7) is 13.2. The van der Waals surface area contributed by atoms with Crippen molar-refractivity contribution in [1.29, 1.82) is 0 Å². The summed E-state index contributed by atoms with van der Waals surface area (Å²) in [4.78, 5) is 0. The first kappa shape index (κ1) is 13.6. The molecule has 70 valence electrons. The third kappa shape index (κ3) is 10.0. The monoisotopic (exact) mass is 158 g/mol. The van der Waals surface area contributed by atoms with E-state index in [2.05, 4.69) is 27.7 Å². The highest BCUT2D eigenvalue weighted by Crippen LogP contribution is 2.16. The van der Waals surface area contributed by atoms with Crippen LogP contribution in [0, 0.1) is 11.8 Å². The minimum Gasteiger partial charge on any atom is -0.0683 e. The summed E-state index contributed by atoms with van der Waals surface area (Å²) in [7, 11) is 0. The molecule has 0 spiro atoms. The van der Waals surface area contributed by atoms with Gasteiger partial charge in [-0.05, 0) is 18.3 Å². The SMILES string of the molecule is CC.CCC(C)CC(C)CC. The van der Waals surface area contributed by atoms with Crippen LogP contribution in [0.5, 0.6) is 0 Å². The smallest absolute Gasteiger partial charge is 0.0443 e. The van der Waals surface area contributed by atoms with Crippen molar-refractivity contribution in [2.24, 2.45) is 11.8 Å². The zero-order valence-electron chi connectivity index (χ0n) is 9.28. The molecule has 0 aliphatic carbocycles. The second-order valence-corrected chi connectivity index (χ2v) is 3.26. The molecule has 11 heavy (non-hydrogen) atoms. The van der Waals surface area contributed by atoms with Gasteiger partial charge in [-0.15, -0.1) is 0 Å². The molecule has 0 fully saturated rings. The summed E-state index contributed by atoms with van der Waals surface area (Å²) in [6.07, 6.45) is 4.08. The van der Waals surface area contributed by atoms with E-state index >= 15 is 0 Å². The molecular formula is C11H26. The highest BCUT2D eigenvalue weighted by molar-refractivity contribution is 4.55. The van der Waals surface area contributed by atoms with E-state index in [9.17, 15) is 0 Å². The van der Waals surface area contributed by atoms with E-state index in [1.54, 1.807) is 0 Å². The second-order valence-electron chi connectivity index (χ2n) is 3.26. The maximum atomic E-state index is 2.34. The summed E-state index contributed by atoms with van der Waals surface area (Å²) in [5.74, 6) is 1.86. The molecular weight excluding hydrogens is 132 g/mol. The first-order valence-electron chi connectivity index (χ1n) is 5.20. The Hall–Kier alpha value is 0. The topological polar surface area (TPSA) is 0 Å². The van der Waals surface area contributed by atoms with Crippen LogP contribution in [0.2, 0.25) is 0 Å². The third-order valence-corrected chi connectivity index (χ3v) is 2.20. The van der Waals surface area contributed by atoms with Crippen molar-refractivity contribution in [3.63, 3.8) is 0 Å². The molecule has 0 aliphatic rings. The van der Waals surface area contributed by atoms with E-state index in [1.807, 2.05) is 13.8 Å². The zero-order valence-corrected chi connectivity index (χ0v) is 9.28. The fourth-order valence-corrected chi connectivity index (χ4v) is 1.02. The van der Waals surface area contributed by atoms with Gasteiger partial charge in [0.25, 0.3) is 0 Å². The van der Waals surface area contributed by atoms with Crippen LogP contribution >= 0.6 is 0 Å². The lowest BCUT2D eigenvalue weighted by Gasteiger charge is -2.12. The molecule has 0 aromatic rings. The van der Waals surface area contributed by atoms with E-state index < -0.39 is 0 Å². The normalized spacial score (nSPS) is 14.7. The van der Waals surface area contributed by atoms with Crippen LogP contribution in [0.1, 0.15) is 60.8 Å².